The van der Waals surface area contributed by atoms with Crippen molar-refractivity contribution < 1.29 is 4.79 Å². The van der Waals surface area contributed by atoms with Gasteiger partial charge in [-0.25, -0.2) is 4.98 Å². The van der Waals surface area contributed by atoms with Gasteiger partial charge in [-0.3, -0.25) is 9.48 Å². The molecule has 66 valence electrons. The smallest absolute Gasteiger partial charge is 0.159 e. The fourth-order valence-corrected chi connectivity index (χ4v) is 1.40. The Kier molecular flexibility index (Phi) is 1.77. The largest absolute Gasteiger partial charge is 0.298 e. The molecule has 0 aliphatic rings. The maximum atomic E-state index is 10.7. The molecule has 0 amide bonds. The monoisotopic (exact) mass is 195 g/mol. The highest BCUT2D eigenvalue weighted by molar-refractivity contribution is 6.30. The zero-order valence-electron chi connectivity index (χ0n) is 6.86. The third-order valence-corrected chi connectivity index (χ3v) is 2.03. The average Bonchev–Trinajstić information content (AvgIpc) is 2.47. The molecule has 2 aromatic heterocycles. The van der Waals surface area contributed by atoms with Crippen molar-refractivity contribution in [1.82, 2.24) is 14.8 Å². The van der Waals surface area contributed by atoms with Crippen LogP contribution in [0.5, 0.6) is 0 Å². The van der Waals surface area contributed by atoms with Gasteiger partial charge in [0.15, 0.2) is 11.9 Å². The minimum absolute atomic E-state index is 0.304. The van der Waals surface area contributed by atoms with E-state index in [0.29, 0.717) is 16.4 Å². The molecule has 0 aliphatic heterocycles. The summed E-state index contributed by atoms with van der Waals surface area (Å²) in [7, 11) is 1.75. The molecule has 2 rings (SSSR count). The van der Waals surface area contributed by atoms with E-state index in [1.165, 1.54) is 6.07 Å². The van der Waals surface area contributed by atoms with Crippen LogP contribution in [0.1, 0.15) is 10.4 Å². The number of halogens is 1. The van der Waals surface area contributed by atoms with Gasteiger partial charge in [-0.05, 0) is 6.07 Å². The van der Waals surface area contributed by atoms with E-state index in [4.69, 9.17) is 11.6 Å². The van der Waals surface area contributed by atoms with E-state index in [1.807, 2.05) is 0 Å². The zero-order chi connectivity index (χ0) is 9.42. The number of carbonyl (C=O) groups excluding carboxylic acids is 1. The molecule has 5 heteroatoms. The van der Waals surface area contributed by atoms with E-state index in [0.717, 1.165) is 11.7 Å². The molecule has 0 N–H and O–H groups in total. The Morgan fingerprint density at radius 3 is 3.08 bits per heavy atom. The number of nitrogens with zero attached hydrogens (tertiary/aromatic N) is 3. The maximum Gasteiger partial charge on any atom is 0.159 e. The fourth-order valence-electron chi connectivity index (χ4n) is 1.20. The van der Waals surface area contributed by atoms with Crippen LogP contribution >= 0.6 is 11.6 Å². The Hall–Kier alpha value is -1.42. The summed E-state index contributed by atoms with van der Waals surface area (Å²) in [6, 6.07) is 1.53. The first-order valence-corrected chi connectivity index (χ1v) is 4.03. The standard InChI is InChI=1S/C8H6ClN3O/c1-12-8-6(3-10-12)5(4-13)2-7(9)11-8/h2-4H,1H3. The van der Waals surface area contributed by atoms with Crippen LogP contribution in [0.3, 0.4) is 0 Å². The van der Waals surface area contributed by atoms with E-state index in [1.54, 1.807) is 17.9 Å². The summed E-state index contributed by atoms with van der Waals surface area (Å²) in [4.78, 5) is 14.7. The normalized spacial score (nSPS) is 10.6. The molecule has 0 fully saturated rings. The van der Waals surface area contributed by atoms with Crippen LogP contribution in [0.15, 0.2) is 12.3 Å². The second kappa shape index (κ2) is 2.81. The highest BCUT2D eigenvalue weighted by atomic mass is 35.5. The van der Waals surface area contributed by atoms with Crippen LogP contribution < -0.4 is 0 Å². The molecule has 0 aromatic carbocycles. The Labute approximate surface area is 79.1 Å². The quantitative estimate of drug-likeness (QED) is 0.511. The molecule has 0 aliphatic carbocycles. The lowest BCUT2D eigenvalue weighted by Crippen LogP contribution is -1.93. The zero-order valence-corrected chi connectivity index (χ0v) is 7.62. The van der Waals surface area contributed by atoms with Crippen molar-refractivity contribution >= 4 is 28.9 Å². The van der Waals surface area contributed by atoms with Gasteiger partial charge in [-0.15, -0.1) is 0 Å². The van der Waals surface area contributed by atoms with Crippen molar-refractivity contribution in [3.63, 3.8) is 0 Å². The Morgan fingerprint density at radius 2 is 2.38 bits per heavy atom. The molecule has 0 radical (unpaired) electrons. The molecule has 13 heavy (non-hydrogen) atoms. The highest BCUT2D eigenvalue weighted by Crippen LogP contribution is 2.18. The molecule has 0 saturated carbocycles. The van der Waals surface area contributed by atoms with E-state index in [2.05, 4.69) is 10.1 Å². The van der Waals surface area contributed by atoms with Crippen molar-refractivity contribution in [2.75, 3.05) is 0 Å². The van der Waals surface area contributed by atoms with Gasteiger partial charge in [-0.1, -0.05) is 11.6 Å². The molecule has 0 spiro atoms. The van der Waals surface area contributed by atoms with Gasteiger partial charge < -0.3 is 0 Å². The van der Waals surface area contributed by atoms with Crippen molar-refractivity contribution in [3.05, 3.63) is 23.0 Å². The van der Waals surface area contributed by atoms with Gasteiger partial charge in [0.05, 0.1) is 6.20 Å². The summed E-state index contributed by atoms with van der Waals surface area (Å²) >= 11 is 5.72. The van der Waals surface area contributed by atoms with Crippen LogP contribution in [0.2, 0.25) is 5.15 Å². The van der Waals surface area contributed by atoms with Gasteiger partial charge in [0.2, 0.25) is 0 Å². The van der Waals surface area contributed by atoms with E-state index in [9.17, 15) is 4.79 Å². The first-order valence-electron chi connectivity index (χ1n) is 3.66. The topological polar surface area (TPSA) is 47.8 Å². The molecule has 2 heterocycles. The molecular weight excluding hydrogens is 190 g/mol. The summed E-state index contributed by atoms with van der Waals surface area (Å²) in [5.74, 6) is 0. The van der Waals surface area contributed by atoms with Crippen molar-refractivity contribution in [2.24, 2.45) is 7.05 Å². The van der Waals surface area contributed by atoms with Crippen LogP contribution in [0, 0.1) is 0 Å². The molecule has 0 bridgehead atoms. The number of aldehydes is 1. The van der Waals surface area contributed by atoms with Crippen LogP contribution in [0.4, 0.5) is 0 Å². The Balaban J connectivity index is 2.91. The highest BCUT2D eigenvalue weighted by Gasteiger charge is 2.07. The number of aryl methyl sites for hydroxylation is 1. The summed E-state index contributed by atoms with van der Waals surface area (Å²) in [5, 5.41) is 5.01. The number of hydrogen-bond donors (Lipinski definition) is 0. The first-order chi connectivity index (χ1) is 6.22. The minimum Gasteiger partial charge on any atom is -0.298 e. The van der Waals surface area contributed by atoms with Crippen LogP contribution in [0.25, 0.3) is 11.0 Å². The van der Waals surface area contributed by atoms with E-state index < -0.39 is 0 Å². The Morgan fingerprint density at radius 1 is 1.62 bits per heavy atom. The first kappa shape index (κ1) is 8.19. The molecule has 0 saturated heterocycles. The Bertz CT molecular complexity index is 477. The summed E-state index contributed by atoms with van der Waals surface area (Å²) in [6.07, 6.45) is 2.35. The summed E-state index contributed by atoms with van der Waals surface area (Å²) in [6.45, 7) is 0. The number of rotatable bonds is 1. The number of fused-ring (bicyclic) bond motifs is 1. The predicted molar refractivity (Wildman–Crippen MR) is 48.9 cm³/mol. The lowest BCUT2D eigenvalue weighted by Gasteiger charge is -1.96. The lowest BCUT2D eigenvalue weighted by atomic mass is 10.2. The SMILES string of the molecule is Cn1ncc2c(C=O)cc(Cl)nc21. The number of aromatic nitrogens is 3. The molecule has 4 nitrogen and oxygen atoms in total. The molecular formula is C8H6ClN3O. The second-order valence-electron chi connectivity index (χ2n) is 2.66. The third kappa shape index (κ3) is 1.19. The molecule has 2 aromatic rings. The van der Waals surface area contributed by atoms with E-state index in [-0.39, 0.29) is 0 Å². The van der Waals surface area contributed by atoms with Gasteiger partial charge in [0, 0.05) is 18.0 Å². The maximum absolute atomic E-state index is 10.7. The van der Waals surface area contributed by atoms with Gasteiger partial charge in [0.1, 0.15) is 5.15 Å². The molecule has 0 atom stereocenters. The average molecular weight is 196 g/mol. The second-order valence-corrected chi connectivity index (χ2v) is 3.04. The van der Waals surface area contributed by atoms with Crippen molar-refractivity contribution in [1.29, 1.82) is 0 Å². The number of pyridine rings is 1. The molecule has 0 unspecified atom stereocenters. The summed E-state index contributed by atoms with van der Waals surface area (Å²) < 4.78 is 1.58. The fraction of sp³-hybridized carbons (Fsp3) is 0.125. The summed E-state index contributed by atoms with van der Waals surface area (Å²) in [5.41, 5.74) is 1.14. The van der Waals surface area contributed by atoms with Gasteiger partial charge in [-0.2, -0.15) is 5.10 Å². The van der Waals surface area contributed by atoms with Gasteiger partial charge in [0.25, 0.3) is 0 Å². The third-order valence-electron chi connectivity index (χ3n) is 1.83. The minimum atomic E-state index is 0.304. The van der Waals surface area contributed by atoms with Gasteiger partial charge >= 0.3 is 0 Å². The van der Waals surface area contributed by atoms with Crippen LogP contribution in [-0.4, -0.2) is 21.1 Å². The lowest BCUT2D eigenvalue weighted by molar-refractivity contribution is 0.112. The van der Waals surface area contributed by atoms with Crippen molar-refractivity contribution in [3.8, 4) is 0 Å². The number of carbonyl (C=O) groups is 1. The number of hydrogen-bond acceptors (Lipinski definition) is 3. The van der Waals surface area contributed by atoms with Crippen LogP contribution in [-0.2, 0) is 7.05 Å². The van der Waals surface area contributed by atoms with Crippen molar-refractivity contribution in [2.45, 2.75) is 0 Å². The predicted octanol–water partition coefficient (Wildman–Crippen LogP) is 1.43. The van der Waals surface area contributed by atoms with E-state index >= 15 is 0 Å².